The fourth-order valence-corrected chi connectivity index (χ4v) is 5.49. The van der Waals surface area contributed by atoms with E-state index in [9.17, 15) is 0 Å². The molecule has 0 heterocycles. The minimum absolute atomic E-state index is 0.255. The van der Waals surface area contributed by atoms with Crippen molar-refractivity contribution in [2.24, 2.45) is 0 Å². The molecule has 0 saturated heterocycles. The van der Waals surface area contributed by atoms with Crippen LogP contribution in [0.1, 0.15) is 48.0 Å². The average molecular weight is 381 g/mol. The van der Waals surface area contributed by atoms with Gasteiger partial charge in [-0.2, -0.15) is 0 Å². The van der Waals surface area contributed by atoms with Crippen LogP contribution in [0.4, 0.5) is 0 Å². The Labute approximate surface area is 151 Å². The molecular formula is C17H40O5Si2. The van der Waals surface area contributed by atoms with Crippen LogP contribution in [0.2, 0.25) is 24.2 Å². The van der Waals surface area contributed by atoms with Gasteiger partial charge in [0.1, 0.15) is 0 Å². The van der Waals surface area contributed by atoms with E-state index >= 15 is 0 Å². The summed E-state index contributed by atoms with van der Waals surface area (Å²) in [5, 5.41) is 0.255. The standard InChI is InChI=1S/C17H40O5Si2/c1-9-19-24(20-10-2,21-11-3)16-15-18-13-12-14-22-23(7,8)17(4,5)6/h9-16H2,1-8H3. The summed E-state index contributed by atoms with van der Waals surface area (Å²) in [6.45, 7) is 21.1. The molecule has 0 atom stereocenters. The van der Waals surface area contributed by atoms with E-state index < -0.39 is 17.1 Å². The second kappa shape index (κ2) is 11.8. The first-order chi connectivity index (χ1) is 11.1. The Morgan fingerprint density at radius 3 is 1.62 bits per heavy atom. The maximum atomic E-state index is 6.15. The van der Waals surface area contributed by atoms with Gasteiger partial charge < -0.3 is 22.4 Å². The molecule has 0 saturated carbocycles. The zero-order chi connectivity index (χ0) is 18.7. The molecule has 0 aliphatic heterocycles. The number of hydrogen-bond donors (Lipinski definition) is 0. The van der Waals surface area contributed by atoms with Crippen LogP contribution in [0, 0.1) is 0 Å². The molecule has 24 heavy (non-hydrogen) atoms. The van der Waals surface area contributed by atoms with Gasteiger partial charge in [0, 0.05) is 39.1 Å². The normalized spacial score (nSPS) is 13.5. The molecule has 0 bridgehead atoms. The molecule has 0 aliphatic carbocycles. The third-order valence-electron chi connectivity index (χ3n) is 4.35. The van der Waals surface area contributed by atoms with Gasteiger partial charge in [0.15, 0.2) is 8.32 Å². The smallest absolute Gasteiger partial charge is 0.417 e. The molecule has 0 radical (unpaired) electrons. The number of ether oxygens (including phenoxy) is 1. The minimum Gasteiger partial charge on any atom is -0.417 e. The van der Waals surface area contributed by atoms with E-state index in [1.54, 1.807) is 0 Å². The van der Waals surface area contributed by atoms with Crippen LogP contribution in [0.15, 0.2) is 0 Å². The fraction of sp³-hybridized carbons (Fsp3) is 1.00. The van der Waals surface area contributed by atoms with Crippen molar-refractivity contribution >= 4 is 17.1 Å². The van der Waals surface area contributed by atoms with E-state index in [4.69, 9.17) is 22.4 Å². The van der Waals surface area contributed by atoms with E-state index in [0.29, 0.717) is 39.1 Å². The molecule has 0 amide bonds. The van der Waals surface area contributed by atoms with E-state index in [0.717, 1.165) is 13.0 Å². The SMILES string of the molecule is CCO[Si](CCOCCCO[Si](C)(C)C(C)(C)C)(OCC)OCC. The molecule has 0 N–H and O–H groups in total. The van der Waals surface area contributed by atoms with Crippen molar-refractivity contribution in [3.63, 3.8) is 0 Å². The predicted octanol–water partition coefficient (Wildman–Crippen LogP) is 4.46. The third kappa shape index (κ3) is 9.08. The van der Waals surface area contributed by atoms with Gasteiger partial charge in [-0.3, -0.25) is 0 Å². The first kappa shape index (κ1) is 24.2. The van der Waals surface area contributed by atoms with Gasteiger partial charge >= 0.3 is 8.80 Å². The molecule has 7 heteroatoms. The van der Waals surface area contributed by atoms with Crippen molar-refractivity contribution in [3.8, 4) is 0 Å². The summed E-state index contributed by atoms with van der Waals surface area (Å²) >= 11 is 0. The van der Waals surface area contributed by atoms with Crippen LogP contribution >= 0.6 is 0 Å². The van der Waals surface area contributed by atoms with Crippen molar-refractivity contribution in [1.29, 1.82) is 0 Å². The maximum absolute atomic E-state index is 6.15. The largest absolute Gasteiger partial charge is 0.503 e. The number of hydrogen-bond acceptors (Lipinski definition) is 5. The fourth-order valence-electron chi connectivity index (χ4n) is 2.01. The van der Waals surface area contributed by atoms with Crippen LogP contribution in [0.3, 0.4) is 0 Å². The maximum Gasteiger partial charge on any atom is 0.503 e. The van der Waals surface area contributed by atoms with Crippen LogP contribution in [0.25, 0.3) is 0 Å². The number of rotatable bonds is 14. The van der Waals surface area contributed by atoms with Crippen LogP contribution < -0.4 is 0 Å². The summed E-state index contributed by atoms with van der Waals surface area (Å²) in [5.74, 6) is 0. The van der Waals surface area contributed by atoms with Crippen molar-refractivity contribution in [2.75, 3.05) is 39.6 Å². The van der Waals surface area contributed by atoms with Gasteiger partial charge in [0.05, 0.1) is 6.61 Å². The highest BCUT2D eigenvalue weighted by molar-refractivity contribution is 6.74. The molecule has 146 valence electrons. The zero-order valence-corrected chi connectivity index (χ0v) is 19.2. The first-order valence-electron chi connectivity index (χ1n) is 9.27. The lowest BCUT2D eigenvalue weighted by Crippen LogP contribution is -2.46. The second-order valence-corrected chi connectivity index (χ2v) is 14.8. The Morgan fingerprint density at radius 2 is 1.21 bits per heavy atom. The average Bonchev–Trinajstić information content (AvgIpc) is 2.46. The van der Waals surface area contributed by atoms with Gasteiger partial charge in [0.2, 0.25) is 0 Å². The zero-order valence-electron chi connectivity index (χ0n) is 17.2. The minimum atomic E-state index is -2.57. The van der Waals surface area contributed by atoms with Crippen LogP contribution in [-0.2, 0) is 22.4 Å². The molecule has 0 aromatic rings. The summed E-state index contributed by atoms with van der Waals surface area (Å²) in [6.07, 6.45) is 0.916. The summed E-state index contributed by atoms with van der Waals surface area (Å²) in [4.78, 5) is 0. The summed E-state index contributed by atoms with van der Waals surface area (Å²) in [6, 6.07) is 0.700. The summed E-state index contributed by atoms with van der Waals surface area (Å²) < 4.78 is 29.4. The van der Waals surface area contributed by atoms with Crippen LogP contribution in [0.5, 0.6) is 0 Å². The van der Waals surface area contributed by atoms with Gasteiger partial charge in [-0.25, -0.2) is 0 Å². The summed E-state index contributed by atoms with van der Waals surface area (Å²) in [7, 11) is -4.21. The molecule has 0 unspecified atom stereocenters. The molecule has 5 nitrogen and oxygen atoms in total. The van der Waals surface area contributed by atoms with Gasteiger partial charge in [0.25, 0.3) is 0 Å². The van der Waals surface area contributed by atoms with Crippen molar-refractivity contribution in [2.45, 2.75) is 72.1 Å². The van der Waals surface area contributed by atoms with Crippen molar-refractivity contribution in [3.05, 3.63) is 0 Å². The van der Waals surface area contributed by atoms with Gasteiger partial charge in [-0.1, -0.05) is 20.8 Å². The third-order valence-corrected chi connectivity index (χ3v) is 11.9. The van der Waals surface area contributed by atoms with Crippen molar-refractivity contribution in [1.82, 2.24) is 0 Å². The Morgan fingerprint density at radius 1 is 0.708 bits per heavy atom. The molecule has 0 fully saturated rings. The Balaban J connectivity index is 4.05. The van der Waals surface area contributed by atoms with Crippen molar-refractivity contribution < 1.29 is 22.4 Å². The van der Waals surface area contributed by atoms with E-state index in [1.165, 1.54) is 0 Å². The lowest BCUT2D eigenvalue weighted by molar-refractivity contribution is 0.0562. The van der Waals surface area contributed by atoms with E-state index in [2.05, 4.69) is 33.9 Å². The van der Waals surface area contributed by atoms with Gasteiger partial charge in [-0.05, 0) is 45.3 Å². The highest BCUT2D eigenvalue weighted by Crippen LogP contribution is 2.36. The van der Waals surface area contributed by atoms with E-state index in [1.807, 2.05) is 20.8 Å². The van der Waals surface area contributed by atoms with Gasteiger partial charge in [-0.15, -0.1) is 0 Å². The predicted molar refractivity (Wildman–Crippen MR) is 104 cm³/mol. The van der Waals surface area contributed by atoms with E-state index in [-0.39, 0.29) is 5.04 Å². The Bertz CT molecular complexity index is 302. The lowest BCUT2D eigenvalue weighted by atomic mass is 10.2. The topological polar surface area (TPSA) is 46.2 Å². The molecule has 0 rings (SSSR count). The molecule has 0 aromatic heterocycles. The lowest BCUT2D eigenvalue weighted by Gasteiger charge is -2.36. The highest BCUT2D eigenvalue weighted by Gasteiger charge is 2.40. The Kier molecular flexibility index (Phi) is 11.9. The Hall–Kier alpha value is 0.234. The highest BCUT2D eigenvalue weighted by atomic mass is 28.4. The van der Waals surface area contributed by atoms with Crippen LogP contribution in [-0.4, -0.2) is 56.8 Å². The first-order valence-corrected chi connectivity index (χ1v) is 14.1. The molecular weight excluding hydrogens is 340 g/mol. The monoisotopic (exact) mass is 380 g/mol. The quantitative estimate of drug-likeness (QED) is 0.329. The summed E-state index contributed by atoms with van der Waals surface area (Å²) in [5.41, 5.74) is 0. The second-order valence-electron chi connectivity index (χ2n) is 7.31. The molecule has 0 aromatic carbocycles. The molecule has 0 spiro atoms. The molecule has 0 aliphatic rings.